The van der Waals surface area contributed by atoms with Crippen LogP contribution >= 0.6 is 0 Å². The van der Waals surface area contributed by atoms with Gasteiger partial charge in [-0.3, -0.25) is 14.4 Å². The SMILES string of the molecule is CCN(CC(=O)NC(C)(C)C)C(=O)c1cc(=O)c2ccccc2o1. The molecular formula is C18H22N2O4. The molecule has 1 aromatic heterocycles. The highest BCUT2D eigenvalue weighted by atomic mass is 16.3. The molecule has 0 radical (unpaired) electrons. The van der Waals surface area contributed by atoms with E-state index in [-0.39, 0.29) is 29.2 Å². The number of nitrogens with one attached hydrogen (secondary N) is 1. The summed E-state index contributed by atoms with van der Waals surface area (Å²) < 4.78 is 5.55. The summed E-state index contributed by atoms with van der Waals surface area (Å²) in [6.45, 7) is 7.60. The molecule has 0 aliphatic carbocycles. The Balaban J connectivity index is 2.25. The first kappa shape index (κ1) is 17.7. The predicted octanol–water partition coefficient (Wildman–Crippen LogP) is 2.17. The monoisotopic (exact) mass is 330 g/mol. The summed E-state index contributed by atoms with van der Waals surface area (Å²) in [7, 11) is 0. The fourth-order valence-electron chi connectivity index (χ4n) is 2.32. The van der Waals surface area contributed by atoms with E-state index in [0.29, 0.717) is 17.5 Å². The Morgan fingerprint density at radius 3 is 2.50 bits per heavy atom. The minimum Gasteiger partial charge on any atom is -0.451 e. The van der Waals surface area contributed by atoms with E-state index in [1.165, 1.54) is 11.0 Å². The van der Waals surface area contributed by atoms with E-state index in [1.807, 2.05) is 20.8 Å². The lowest BCUT2D eigenvalue weighted by atomic mass is 10.1. The third kappa shape index (κ3) is 4.22. The van der Waals surface area contributed by atoms with Gasteiger partial charge in [-0.1, -0.05) is 12.1 Å². The molecule has 0 bridgehead atoms. The number of rotatable bonds is 4. The lowest BCUT2D eigenvalue weighted by molar-refractivity contribution is -0.123. The van der Waals surface area contributed by atoms with E-state index in [2.05, 4.69) is 5.32 Å². The molecule has 0 spiro atoms. The maximum absolute atomic E-state index is 12.6. The van der Waals surface area contributed by atoms with Crippen LogP contribution in [0.15, 0.2) is 39.5 Å². The second kappa shape index (κ2) is 6.86. The van der Waals surface area contributed by atoms with Crippen molar-refractivity contribution in [2.75, 3.05) is 13.1 Å². The van der Waals surface area contributed by atoms with Crippen molar-refractivity contribution in [3.05, 3.63) is 46.3 Å². The van der Waals surface area contributed by atoms with Crippen molar-refractivity contribution >= 4 is 22.8 Å². The van der Waals surface area contributed by atoms with Crippen LogP contribution in [0.5, 0.6) is 0 Å². The molecule has 128 valence electrons. The van der Waals surface area contributed by atoms with Gasteiger partial charge in [0.25, 0.3) is 5.91 Å². The molecule has 2 aromatic rings. The average molecular weight is 330 g/mol. The van der Waals surface area contributed by atoms with Gasteiger partial charge < -0.3 is 14.6 Å². The Morgan fingerprint density at radius 2 is 1.88 bits per heavy atom. The number of hydrogen-bond acceptors (Lipinski definition) is 4. The summed E-state index contributed by atoms with van der Waals surface area (Å²) >= 11 is 0. The van der Waals surface area contributed by atoms with Crippen LogP contribution in [0.4, 0.5) is 0 Å². The second-order valence-electron chi connectivity index (χ2n) is 6.59. The quantitative estimate of drug-likeness (QED) is 0.932. The van der Waals surface area contributed by atoms with E-state index in [1.54, 1.807) is 31.2 Å². The smallest absolute Gasteiger partial charge is 0.290 e. The third-order valence-electron chi connectivity index (χ3n) is 3.36. The summed E-state index contributed by atoms with van der Waals surface area (Å²) in [6, 6.07) is 7.92. The molecule has 24 heavy (non-hydrogen) atoms. The van der Waals surface area contributed by atoms with Crippen molar-refractivity contribution in [2.45, 2.75) is 33.2 Å². The minimum absolute atomic E-state index is 0.0656. The standard InChI is InChI=1S/C18H22N2O4/c1-5-20(11-16(22)19-18(2,3)4)17(23)15-10-13(21)12-8-6-7-9-14(12)24-15/h6-10H,5,11H2,1-4H3,(H,19,22). The van der Waals surface area contributed by atoms with Crippen LogP contribution in [-0.4, -0.2) is 35.3 Å². The molecule has 1 N–H and O–H groups in total. The van der Waals surface area contributed by atoms with Gasteiger partial charge in [-0.15, -0.1) is 0 Å². The molecule has 1 heterocycles. The molecule has 6 nitrogen and oxygen atoms in total. The van der Waals surface area contributed by atoms with E-state index in [9.17, 15) is 14.4 Å². The van der Waals surface area contributed by atoms with Gasteiger partial charge in [0.05, 0.1) is 11.9 Å². The van der Waals surface area contributed by atoms with Crippen molar-refractivity contribution < 1.29 is 14.0 Å². The first-order valence-electron chi connectivity index (χ1n) is 7.84. The van der Waals surface area contributed by atoms with Gasteiger partial charge in [0.2, 0.25) is 5.91 Å². The van der Waals surface area contributed by atoms with E-state index in [0.717, 1.165) is 0 Å². The van der Waals surface area contributed by atoms with Gasteiger partial charge in [-0.25, -0.2) is 0 Å². The van der Waals surface area contributed by atoms with E-state index >= 15 is 0 Å². The van der Waals surface area contributed by atoms with Gasteiger partial charge in [0.1, 0.15) is 5.58 Å². The lowest BCUT2D eigenvalue weighted by Crippen LogP contribution is -2.47. The number of amides is 2. The van der Waals surface area contributed by atoms with Gasteiger partial charge >= 0.3 is 0 Å². The van der Waals surface area contributed by atoms with E-state index < -0.39 is 5.91 Å². The average Bonchev–Trinajstić information content (AvgIpc) is 2.50. The van der Waals surface area contributed by atoms with Crippen LogP contribution < -0.4 is 10.7 Å². The molecule has 0 saturated carbocycles. The lowest BCUT2D eigenvalue weighted by Gasteiger charge is -2.24. The molecule has 0 aliphatic rings. The van der Waals surface area contributed by atoms with Crippen molar-refractivity contribution in [1.82, 2.24) is 10.2 Å². The molecule has 1 aromatic carbocycles. The number of nitrogens with zero attached hydrogens (tertiary/aromatic N) is 1. The number of hydrogen-bond donors (Lipinski definition) is 1. The molecule has 0 fully saturated rings. The van der Waals surface area contributed by atoms with Gasteiger partial charge in [-0.2, -0.15) is 0 Å². The Labute approximate surface area is 140 Å². The molecule has 0 atom stereocenters. The van der Waals surface area contributed by atoms with Crippen LogP contribution in [-0.2, 0) is 4.79 Å². The van der Waals surface area contributed by atoms with Crippen molar-refractivity contribution in [1.29, 1.82) is 0 Å². The summed E-state index contributed by atoms with van der Waals surface area (Å²) in [5, 5.41) is 3.23. The number of fused-ring (bicyclic) bond motifs is 1. The Kier molecular flexibility index (Phi) is 5.07. The maximum atomic E-state index is 12.6. The summed E-state index contributed by atoms with van der Waals surface area (Å²) in [4.78, 5) is 38.1. The maximum Gasteiger partial charge on any atom is 0.290 e. The van der Waals surface area contributed by atoms with Crippen LogP contribution in [0.3, 0.4) is 0 Å². The fraction of sp³-hybridized carbons (Fsp3) is 0.389. The Hall–Kier alpha value is -2.63. The molecule has 2 rings (SSSR count). The van der Waals surface area contributed by atoms with Crippen molar-refractivity contribution in [3.63, 3.8) is 0 Å². The summed E-state index contributed by atoms with van der Waals surface area (Å²) in [5.74, 6) is -0.811. The van der Waals surface area contributed by atoms with Crippen LogP contribution in [0.25, 0.3) is 11.0 Å². The highest BCUT2D eigenvalue weighted by molar-refractivity contribution is 5.95. The zero-order chi connectivity index (χ0) is 17.9. The van der Waals surface area contributed by atoms with E-state index in [4.69, 9.17) is 4.42 Å². The van der Waals surface area contributed by atoms with Crippen LogP contribution in [0, 0.1) is 0 Å². The molecule has 2 amide bonds. The number of carbonyl (C=O) groups is 2. The Bertz CT molecular complexity index is 818. The van der Waals surface area contributed by atoms with Crippen LogP contribution in [0.1, 0.15) is 38.2 Å². The van der Waals surface area contributed by atoms with Crippen LogP contribution in [0.2, 0.25) is 0 Å². The molecule has 0 unspecified atom stereocenters. The molecule has 0 aliphatic heterocycles. The normalized spacial score (nSPS) is 11.3. The topological polar surface area (TPSA) is 79.6 Å². The molecule has 6 heteroatoms. The minimum atomic E-state index is -0.482. The largest absolute Gasteiger partial charge is 0.451 e. The van der Waals surface area contributed by atoms with Gasteiger partial charge in [-0.05, 0) is 39.8 Å². The zero-order valence-electron chi connectivity index (χ0n) is 14.4. The number of likely N-dealkylation sites (N-methyl/N-ethyl adjacent to an activating group) is 1. The summed E-state index contributed by atoms with van der Waals surface area (Å²) in [5.41, 5.74) is -0.311. The Morgan fingerprint density at radius 1 is 1.21 bits per heavy atom. The van der Waals surface area contributed by atoms with Crippen molar-refractivity contribution in [2.24, 2.45) is 0 Å². The molecular weight excluding hydrogens is 308 g/mol. The third-order valence-corrected chi connectivity index (χ3v) is 3.36. The first-order chi connectivity index (χ1) is 11.2. The van der Waals surface area contributed by atoms with Gasteiger partial charge in [0, 0.05) is 18.2 Å². The number of benzene rings is 1. The highest BCUT2D eigenvalue weighted by Gasteiger charge is 2.22. The van der Waals surface area contributed by atoms with Gasteiger partial charge in [0.15, 0.2) is 11.2 Å². The number of carbonyl (C=O) groups excluding carboxylic acids is 2. The fourth-order valence-corrected chi connectivity index (χ4v) is 2.32. The number of para-hydroxylation sites is 1. The predicted molar refractivity (Wildman–Crippen MR) is 92.0 cm³/mol. The zero-order valence-corrected chi connectivity index (χ0v) is 14.4. The highest BCUT2D eigenvalue weighted by Crippen LogP contribution is 2.13. The first-order valence-corrected chi connectivity index (χ1v) is 7.84. The molecule has 0 saturated heterocycles. The summed E-state index contributed by atoms with van der Waals surface area (Å²) in [6.07, 6.45) is 0. The second-order valence-corrected chi connectivity index (χ2v) is 6.59. The van der Waals surface area contributed by atoms with Crippen molar-refractivity contribution in [3.8, 4) is 0 Å².